The Bertz CT molecular complexity index is 725. The zero-order chi connectivity index (χ0) is 17.8. The van der Waals surface area contributed by atoms with Crippen molar-refractivity contribution in [2.45, 2.75) is 38.8 Å². The van der Waals surface area contributed by atoms with Gasteiger partial charge < -0.3 is 9.80 Å². The summed E-state index contributed by atoms with van der Waals surface area (Å²) < 4.78 is 0. The first-order valence-electron chi connectivity index (χ1n) is 8.69. The van der Waals surface area contributed by atoms with Crippen molar-refractivity contribution in [2.24, 2.45) is 0 Å². The first kappa shape index (κ1) is 17.7. The fourth-order valence-electron chi connectivity index (χ4n) is 3.13. The predicted molar refractivity (Wildman–Crippen MR) is 101 cm³/mol. The lowest BCUT2D eigenvalue weighted by atomic mass is 10.1. The van der Waals surface area contributed by atoms with Crippen LogP contribution in [0, 0.1) is 0 Å². The molecule has 0 aliphatic carbocycles. The normalized spacial score (nSPS) is 15.4. The Hall–Kier alpha value is -2.14. The quantitative estimate of drug-likeness (QED) is 0.794. The number of nitrogens with zero attached hydrogens (tertiary/aromatic N) is 2. The summed E-state index contributed by atoms with van der Waals surface area (Å²) >= 11 is 1.68. The molecule has 2 amide bonds. The number of carbonyl (C=O) groups is 2. The Morgan fingerprint density at radius 2 is 2.00 bits per heavy atom. The summed E-state index contributed by atoms with van der Waals surface area (Å²) in [5.74, 6) is 0.258. The monoisotopic (exact) mass is 356 g/mol. The highest BCUT2D eigenvalue weighted by Gasteiger charge is 2.21. The van der Waals surface area contributed by atoms with Crippen LogP contribution in [0.1, 0.15) is 41.3 Å². The van der Waals surface area contributed by atoms with Crippen LogP contribution in [0.4, 0.5) is 0 Å². The van der Waals surface area contributed by atoms with Gasteiger partial charge in [0.2, 0.25) is 5.91 Å². The van der Waals surface area contributed by atoms with E-state index < -0.39 is 0 Å². The summed E-state index contributed by atoms with van der Waals surface area (Å²) in [6.45, 7) is 3.54. The zero-order valence-corrected chi connectivity index (χ0v) is 15.6. The smallest absolute Gasteiger partial charge is 0.253 e. The van der Waals surface area contributed by atoms with Gasteiger partial charge in [-0.05, 0) is 59.9 Å². The molecule has 2 heterocycles. The van der Waals surface area contributed by atoms with E-state index in [0.29, 0.717) is 18.5 Å². The third kappa shape index (κ3) is 4.28. The van der Waals surface area contributed by atoms with Gasteiger partial charge in [-0.25, -0.2) is 0 Å². The van der Waals surface area contributed by atoms with Gasteiger partial charge in [0, 0.05) is 38.2 Å². The second-order valence-electron chi connectivity index (χ2n) is 6.72. The molecule has 3 rings (SSSR count). The molecule has 1 fully saturated rings. The third-order valence-corrected chi connectivity index (χ3v) is 5.57. The van der Waals surface area contributed by atoms with E-state index in [1.165, 1.54) is 5.56 Å². The van der Waals surface area contributed by atoms with Crippen molar-refractivity contribution in [3.05, 3.63) is 57.8 Å². The minimum atomic E-state index is 0.0338. The van der Waals surface area contributed by atoms with Gasteiger partial charge in [0.25, 0.3) is 5.91 Å². The standard InChI is InChI=1S/C20H24N2O2S/c1-15(12-17-9-11-25-14-17)21(2)20(24)18-7-5-16(6-8-18)13-22-10-3-4-19(22)23/h5-9,11,14-15H,3-4,10,12-13H2,1-2H3. The summed E-state index contributed by atoms with van der Waals surface area (Å²) in [6.07, 6.45) is 2.46. The Morgan fingerprint density at radius 3 is 2.60 bits per heavy atom. The number of likely N-dealkylation sites (tertiary alicyclic amines) is 1. The summed E-state index contributed by atoms with van der Waals surface area (Å²) in [7, 11) is 1.86. The van der Waals surface area contributed by atoms with Gasteiger partial charge in [-0.2, -0.15) is 11.3 Å². The van der Waals surface area contributed by atoms with Gasteiger partial charge in [0.05, 0.1) is 0 Å². The van der Waals surface area contributed by atoms with Crippen LogP contribution >= 0.6 is 11.3 Å². The van der Waals surface area contributed by atoms with E-state index in [1.807, 2.05) is 36.2 Å². The van der Waals surface area contributed by atoms with Crippen LogP contribution in [0.3, 0.4) is 0 Å². The molecule has 0 N–H and O–H groups in total. The van der Waals surface area contributed by atoms with Crippen LogP contribution in [-0.2, 0) is 17.8 Å². The summed E-state index contributed by atoms with van der Waals surface area (Å²) in [6, 6.07) is 9.89. The molecule has 0 saturated carbocycles. The molecule has 1 saturated heterocycles. The van der Waals surface area contributed by atoms with Crippen LogP contribution in [0.2, 0.25) is 0 Å². The molecule has 0 spiro atoms. The highest BCUT2D eigenvalue weighted by atomic mass is 32.1. The van der Waals surface area contributed by atoms with Gasteiger partial charge in [-0.1, -0.05) is 12.1 Å². The number of likely N-dealkylation sites (N-methyl/N-ethyl adjacent to an activating group) is 1. The highest BCUT2D eigenvalue weighted by molar-refractivity contribution is 7.07. The predicted octanol–water partition coefficient (Wildman–Crippen LogP) is 3.57. The van der Waals surface area contributed by atoms with E-state index in [1.54, 1.807) is 16.2 Å². The Labute approximate surface area is 153 Å². The van der Waals surface area contributed by atoms with E-state index in [9.17, 15) is 9.59 Å². The molecule has 0 bridgehead atoms. The second-order valence-corrected chi connectivity index (χ2v) is 7.50. The van der Waals surface area contributed by atoms with Gasteiger partial charge in [-0.3, -0.25) is 9.59 Å². The van der Waals surface area contributed by atoms with Crippen LogP contribution < -0.4 is 0 Å². The van der Waals surface area contributed by atoms with Gasteiger partial charge >= 0.3 is 0 Å². The number of hydrogen-bond donors (Lipinski definition) is 0. The van der Waals surface area contributed by atoms with Crippen LogP contribution in [0.5, 0.6) is 0 Å². The van der Waals surface area contributed by atoms with Crippen molar-refractivity contribution < 1.29 is 9.59 Å². The fraction of sp³-hybridized carbons (Fsp3) is 0.400. The van der Waals surface area contributed by atoms with Gasteiger partial charge in [-0.15, -0.1) is 0 Å². The average molecular weight is 356 g/mol. The van der Waals surface area contributed by atoms with Crippen molar-refractivity contribution in [3.8, 4) is 0 Å². The highest BCUT2D eigenvalue weighted by Crippen LogP contribution is 2.17. The molecule has 1 aromatic heterocycles. The summed E-state index contributed by atoms with van der Waals surface area (Å²) in [5, 5.41) is 4.19. The lowest BCUT2D eigenvalue weighted by Crippen LogP contribution is -2.36. The van der Waals surface area contributed by atoms with Crippen LogP contribution in [0.25, 0.3) is 0 Å². The second kappa shape index (κ2) is 7.83. The van der Waals surface area contributed by atoms with E-state index in [2.05, 4.69) is 23.8 Å². The number of carbonyl (C=O) groups excluding carboxylic acids is 2. The van der Waals surface area contributed by atoms with Gasteiger partial charge in [0.1, 0.15) is 0 Å². The molecular formula is C20H24N2O2S. The molecule has 1 aliphatic rings. The number of hydrogen-bond acceptors (Lipinski definition) is 3. The van der Waals surface area contributed by atoms with Crippen LogP contribution in [0.15, 0.2) is 41.1 Å². The number of benzene rings is 1. The van der Waals surface area contributed by atoms with E-state index in [-0.39, 0.29) is 17.9 Å². The largest absolute Gasteiger partial charge is 0.339 e. The first-order chi connectivity index (χ1) is 12.0. The summed E-state index contributed by atoms with van der Waals surface area (Å²) in [4.78, 5) is 28.1. The topological polar surface area (TPSA) is 40.6 Å². The number of thiophene rings is 1. The van der Waals surface area contributed by atoms with Crippen molar-refractivity contribution in [1.82, 2.24) is 9.80 Å². The Kier molecular flexibility index (Phi) is 5.53. The van der Waals surface area contributed by atoms with E-state index in [0.717, 1.165) is 24.9 Å². The first-order valence-corrected chi connectivity index (χ1v) is 9.64. The number of rotatable bonds is 6. The van der Waals surface area contributed by atoms with E-state index >= 15 is 0 Å². The zero-order valence-electron chi connectivity index (χ0n) is 14.8. The lowest BCUT2D eigenvalue weighted by Gasteiger charge is -2.25. The molecule has 2 aromatic rings. The van der Waals surface area contributed by atoms with Gasteiger partial charge in [0.15, 0.2) is 0 Å². The average Bonchev–Trinajstić information content (AvgIpc) is 3.26. The van der Waals surface area contributed by atoms with Crippen molar-refractivity contribution in [1.29, 1.82) is 0 Å². The maximum Gasteiger partial charge on any atom is 0.253 e. The maximum absolute atomic E-state index is 12.7. The van der Waals surface area contributed by atoms with E-state index in [4.69, 9.17) is 0 Å². The molecule has 0 radical (unpaired) electrons. The molecule has 4 nitrogen and oxygen atoms in total. The van der Waals surface area contributed by atoms with Crippen LogP contribution in [-0.4, -0.2) is 41.2 Å². The van der Waals surface area contributed by atoms with Crippen molar-refractivity contribution in [2.75, 3.05) is 13.6 Å². The molecule has 1 atom stereocenters. The molecule has 132 valence electrons. The minimum absolute atomic E-state index is 0.0338. The molecule has 1 aliphatic heterocycles. The van der Waals surface area contributed by atoms with Crippen molar-refractivity contribution >= 4 is 23.2 Å². The minimum Gasteiger partial charge on any atom is -0.339 e. The molecule has 1 unspecified atom stereocenters. The maximum atomic E-state index is 12.7. The fourth-order valence-corrected chi connectivity index (χ4v) is 3.82. The summed E-state index contributed by atoms with van der Waals surface area (Å²) in [5.41, 5.74) is 3.03. The molecule has 1 aromatic carbocycles. The Balaban J connectivity index is 1.60. The molecular weight excluding hydrogens is 332 g/mol. The lowest BCUT2D eigenvalue weighted by molar-refractivity contribution is -0.128. The SMILES string of the molecule is CC(Cc1ccsc1)N(C)C(=O)c1ccc(CN2CCCC2=O)cc1. The number of amides is 2. The molecule has 25 heavy (non-hydrogen) atoms. The Morgan fingerprint density at radius 1 is 1.24 bits per heavy atom. The van der Waals surface area contributed by atoms with Crippen molar-refractivity contribution in [3.63, 3.8) is 0 Å². The molecule has 5 heteroatoms. The third-order valence-electron chi connectivity index (χ3n) is 4.84.